The number of nitrogens with zero attached hydrogens (tertiary/aromatic N) is 3. The lowest BCUT2D eigenvalue weighted by atomic mass is 9.84. The highest BCUT2D eigenvalue weighted by Crippen LogP contribution is 2.43. The molecule has 6 rings (SSSR count). The highest BCUT2D eigenvalue weighted by molar-refractivity contribution is 6.32. The number of hydrogen-bond donors (Lipinski definition) is 0. The van der Waals surface area contributed by atoms with Crippen LogP contribution in [0.2, 0.25) is 0 Å². The standard InChI is InChI=1S/C30H30FN3O2/c1-20-10-12-23(31)18-22(20)19-33-14-16-34(17-15-33)30(27-13-11-21-6-2-5-9-26(21)32-27)28(35)24-7-3-4-8-25(24)29(30)36/h3-4,7-8,10-13,18H,2,5-6,9,14-17,19H2,1H3. The molecular formula is C30H30FN3O2. The smallest absolute Gasteiger partial charge is 0.198 e. The van der Waals surface area contributed by atoms with Crippen LogP contribution in [0.1, 0.15) is 61.6 Å². The Labute approximate surface area is 211 Å². The zero-order valence-electron chi connectivity index (χ0n) is 20.6. The SMILES string of the molecule is Cc1ccc(F)cc1CN1CCN(C2(c3ccc4c(n3)CCCC4)C(=O)c3ccccc3C2=O)CC1. The van der Waals surface area contributed by atoms with Crippen LogP contribution < -0.4 is 0 Å². The second-order valence-corrected chi connectivity index (χ2v) is 10.3. The fourth-order valence-electron chi connectivity index (χ4n) is 6.13. The molecule has 0 bridgehead atoms. The second-order valence-electron chi connectivity index (χ2n) is 10.3. The van der Waals surface area contributed by atoms with Gasteiger partial charge in [-0.25, -0.2) is 4.39 Å². The Morgan fingerprint density at radius 3 is 2.31 bits per heavy atom. The molecule has 0 saturated carbocycles. The molecule has 0 atom stereocenters. The molecule has 0 N–H and O–H groups in total. The Balaban J connectivity index is 1.34. The van der Waals surface area contributed by atoms with Crippen molar-refractivity contribution in [3.8, 4) is 0 Å². The largest absolute Gasteiger partial charge is 0.297 e. The average molecular weight is 484 g/mol. The average Bonchev–Trinajstić information content (AvgIpc) is 3.14. The Kier molecular flexibility index (Phi) is 5.81. The number of pyridine rings is 1. The number of aryl methyl sites for hydroxylation is 3. The number of carbonyl (C=O) groups excluding carboxylic acids is 2. The summed E-state index contributed by atoms with van der Waals surface area (Å²) in [4.78, 5) is 37.5. The summed E-state index contributed by atoms with van der Waals surface area (Å²) >= 11 is 0. The number of halogens is 1. The molecule has 2 aromatic carbocycles. The first-order valence-corrected chi connectivity index (χ1v) is 12.9. The van der Waals surface area contributed by atoms with E-state index >= 15 is 0 Å². The number of Topliss-reactive ketones (excluding diaryl/α,β-unsaturated/α-hetero) is 2. The number of fused-ring (bicyclic) bond motifs is 2. The Bertz CT molecular complexity index is 1330. The molecular weight excluding hydrogens is 453 g/mol. The fraction of sp³-hybridized carbons (Fsp3) is 0.367. The van der Waals surface area contributed by atoms with E-state index in [-0.39, 0.29) is 17.4 Å². The Morgan fingerprint density at radius 1 is 0.889 bits per heavy atom. The van der Waals surface area contributed by atoms with Gasteiger partial charge in [0.25, 0.3) is 0 Å². The summed E-state index contributed by atoms with van der Waals surface area (Å²) in [7, 11) is 0. The van der Waals surface area contributed by atoms with Crippen LogP contribution in [0.3, 0.4) is 0 Å². The number of carbonyl (C=O) groups is 2. The molecule has 3 aromatic rings. The monoisotopic (exact) mass is 483 g/mol. The van der Waals surface area contributed by atoms with Crippen LogP contribution in [0, 0.1) is 12.7 Å². The van der Waals surface area contributed by atoms with Crippen molar-refractivity contribution < 1.29 is 14.0 Å². The normalized spacial score (nSPS) is 19.8. The summed E-state index contributed by atoms with van der Waals surface area (Å²) in [5.74, 6) is -0.562. The summed E-state index contributed by atoms with van der Waals surface area (Å²) in [6.07, 6.45) is 4.11. The third-order valence-electron chi connectivity index (χ3n) is 8.17. The van der Waals surface area contributed by atoms with Gasteiger partial charge in [-0.2, -0.15) is 0 Å². The van der Waals surface area contributed by atoms with Crippen molar-refractivity contribution in [2.75, 3.05) is 26.2 Å². The van der Waals surface area contributed by atoms with E-state index in [0.717, 1.165) is 42.5 Å². The molecule has 0 radical (unpaired) electrons. The maximum Gasteiger partial charge on any atom is 0.198 e. The van der Waals surface area contributed by atoms with Crippen LogP contribution in [0.4, 0.5) is 4.39 Å². The molecule has 2 heterocycles. The molecule has 6 heteroatoms. The summed E-state index contributed by atoms with van der Waals surface area (Å²) in [5, 5.41) is 0. The van der Waals surface area contributed by atoms with Gasteiger partial charge in [-0.05, 0) is 67.5 Å². The zero-order chi connectivity index (χ0) is 24.9. The Morgan fingerprint density at radius 2 is 1.58 bits per heavy atom. The first kappa shape index (κ1) is 23.2. The fourth-order valence-corrected chi connectivity index (χ4v) is 6.13. The van der Waals surface area contributed by atoms with Gasteiger partial charge in [0.05, 0.1) is 5.69 Å². The maximum atomic E-state index is 14.1. The van der Waals surface area contributed by atoms with Gasteiger partial charge in [0.2, 0.25) is 0 Å². The molecule has 2 aliphatic carbocycles. The number of rotatable bonds is 4. The second kappa shape index (κ2) is 9.02. The number of piperazine rings is 1. The minimum atomic E-state index is -1.42. The topological polar surface area (TPSA) is 53.5 Å². The van der Waals surface area contributed by atoms with Gasteiger partial charge >= 0.3 is 0 Å². The van der Waals surface area contributed by atoms with Gasteiger partial charge in [-0.1, -0.05) is 36.4 Å². The third-order valence-corrected chi connectivity index (χ3v) is 8.17. The van der Waals surface area contributed by atoms with E-state index in [4.69, 9.17) is 4.98 Å². The van der Waals surface area contributed by atoms with E-state index in [1.54, 1.807) is 18.2 Å². The van der Waals surface area contributed by atoms with Crippen LogP contribution in [0.25, 0.3) is 0 Å². The maximum absolute atomic E-state index is 14.1. The van der Waals surface area contributed by atoms with Crippen LogP contribution in [-0.2, 0) is 24.9 Å². The van der Waals surface area contributed by atoms with Gasteiger partial charge < -0.3 is 0 Å². The molecule has 1 aliphatic heterocycles. The van der Waals surface area contributed by atoms with Gasteiger partial charge in [0.15, 0.2) is 17.1 Å². The molecule has 1 saturated heterocycles. The van der Waals surface area contributed by atoms with Crippen molar-refractivity contribution in [3.05, 3.63) is 99.6 Å². The highest BCUT2D eigenvalue weighted by atomic mass is 19.1. The van der Waals surface area contributed by atoms with Crippen molar-refractivity contribution >= 4 is 11.6 Å². The van der Waals surface area contributed by atoms with Crippen molar-refractivity contribution in [3.63, 3.8) is 0 Å². The molecule has 1 aromatic heterocycles. The van der Waals surface area contributed by atoms with Crippen molar-refractivity contribution in [1.82, 2.24) is 14.8 Å². The van der Waals surface area contributed by atoms with Crippen LogP contribution in [0.5, 0.6) is 0 Å². The first-order chi connectivity index (χ1) is 17.5. The minimum Gasteiger partial charge on any atom is -0.297 e. The number of hydrogen-bond acceptors (Lipinski definition) is 5. The Hall–Kier alpha value is -3.22. The van der Waals surface area contributed by atoms with Gasteiger partial charge in [-0.15, -0.1) is 0 Å². The van der Waals surface area contributed by atoms with Gasteiger partial charge in [0.1, 0.15) is 5.82 Å². The highest BCUT2D eigenvalue weighted by Gasteiger charge is 2.59. The molecule has 0 amide bonds. The number of ketones is 2. The molecule has 1 fully saturated rings. The van der Waals surface area contributed by atoms with E-state index in [1.807, 2.05) is 36.1 Å². The predicted molar refractivity (Wildman–Crippen MR) is 136 cm³/mol. The lowest BCUT2D eigenvalue weighted by Crippen LogP contribution is -2.60. The molecule has 0 unspecified atom stereocenters. The summed E-state index contributed by atoms with van der Waals surface area (Å²) in [6, 6.07) is 16.0. The zero-order valence-corrected chi connectivity index (χ0v) is 20.6. The van der Waals surface area contributed by atoms with E-state index in [2.05, 4.69) is 11.0 Å². The van der Waals surface area contributed by atoms with E-state index in [1.165, 1.54) is 11.6 Å². The molecule has 36 heavy (non-hydrogen) atoms. The van der Waals surface area contributed by atoms with Crippen LogP contribution in [0.15, 0.2) is 54.6 Å². The lowest BCUT2D eigenvalue weighted by molar-refractivity contribution is 0.0265. The van der Waals surface area contributed by atoms with E-state index in [9.17, 15) is 14.0 Å². The van der Waals surface area contributed by atoms with Crippen LogP contribution >= 0.6 is 0 Å². The van der Waals surface area contributed by atoms with Gasteiger partial charge in [-0.3, -0.25) is 24.4 Å². The molecule has 3 aliphatic rings. The van der Waals surface area contributed by atoms with E-state index in [0.29, 0.717) is 49.5 Å². The predicted octanol–water partition coefficient (Wildman–Crippen LogP) is 4.50. The van der Waals surface area contributed by atoms with Crippen molar-refractivity contribution in [1.29, 1.82) is 0 Å². The first-order valence-electron chi connectivity index (χ1n) is 12.9. The third kappa shape index (κ3) is 3.62. The quantitative estimate of drug-likeness (QED) is 0.512. The molecule has 184 valence electrons. The molecule has 5 nitrogen and oxygen atoms in total. The van der Waals surface area contributed by atoms with Crippen molar-refractivity contribution in [2.24, 2.45) is 0 Å². The van der Waals surface area contributed by atoms with Crippen LogP contribution in [-0.4, -0.2) is 52.5 Å². The minimum absolute atomic E-state index is 0.166. The summed E-state index contributed by atoms with van der Waals surface area (Å²) < 4.78 is 13.8. The summed E-state index contributed by atoms with van der Waals surface area (Å²) in [6.45, 7) is 5.11. The number of aromatic nitrogens is 1. The van der Waals surface area contributed by atoms with Crippen molar-refractivity contribution in [2.45, 2.75) is 44.7 Å². The van der Waals surface area contributed by atoms with Gasteiger partial charge in [0, 0.05) is 49.5 Å². The lowest BCUT2D eigenvalue weighted by Gasteiger charge is -2.43. The summed E-state index contributed by atoms with van der Waals surface area (Å²) in [5.41, 5.74) is 4.39. The number of benzene rings is 2. The molecule has 0 spiro atoms. The van der Waals surface area contributed by atoms with E-state index < -0.39 is 5.54 Å².